The molecule has 0 heterocycles. The molecule has 5 heteroatoms. The van der Waals surface area contributed by atoms with Crippen LogP contribution < -0.4 is 10.6 Å². The van der Waals surface area contributed by atoms with Crippen LogP contribution in [-0.2, 0) is 14.3 Å². The van der Waals surface area contributed by atoms with Crippen molar-refractivity contribution in [2.45, 2.75) is 39.2 Å². The van der Waals surface area contributed by atoms with Crippen LogP contribution in [0.5, 0.6) is 0 Å². The fraction of sp³-hybridized carbons (Fsp3) is 0.818. The van der Waals surface area contributed by atoms with Crippen molar-refractivity contribution in [3.8, 4) is 0 Å². The van der Waals surface area contributed by atoms with Gasteiger partial charge in [-0.25, -0.2) is 0 Å². The number of amides is 1. The number of ether oxygens (including phenoxy) is 1. The van der Waals surface area contributed by atoms with Gasteiger partial charge in [0.25, 0.3) is 0 Å². The van der Waals surface area contributed by atoms with E-state index in [9.17, 15) is 9.59 Å². The summed E-state index contributed by atoms with van der Waals surface area (Å²) in [6.07, 6.45) is 1.52. The fourth-order valence-corrected chi connectivity index (χ4v) is 1.13. The van der Waals surface area contributed by atoms with Gasteiger partial charge in [-0.05, 0) is 13.0 Å². The number of methoxy groups -OCH3 is 1. The molecule has 0 aromatic heterocycles. The highest BCUT2D eigenvalue weighted by Crippen LogP contribution is 1.89. The fourth-order valence-electron chi connectivity index (χ4n) is 1.13. The number of esters is 1. The van der Waals surface area contributed by atoms with Crippen molar-refractivity contribution in [3.05, 3.63) is 0 Å². The van der Waals surface area contributed by atoms with E-state index in [1.165, 1.54) is 7.11 Å². The lowest BCUT2D eigenvalue weighted by Crippen LogP contribution is -2.28. The van der Waals surface area contributed by atoms with Crippen LogP contribution in [0, 0.1) is 0 Å². The van der Waals surface area contributed by atoms with Crippen molar-refractivity contribution in [1.29, 1.82) is 0 Å². The van der Waals surface area contributed by atoms with Crippen LogP contribution in [0.3, 0.4) is 0 Å². The van der Waals surface area contributed by atoms with Crippen LogP contribution in [0.25, 0.3) is 0 Å². The van der Waals surface area contributed by atoms with Gasteiger partial charge in [0, 0.05) is 19.0 Å². The molecule has 0 saturated heterocycles. The largest absolute Gasteiger partial charge is 0.469 e. The Morgan fingerprint density at radius 3 is 2.44 bits per heavy atom. The Kier molecular flexibility index (Phi) is 8.52. The van der Waals surface area contributed by atoms with Crippen LogP contribution in [0.4, 0.5) is 0 Å². The molecule has 0 aliphatic heterocycles. The van der Waals surface area contributed by atoms with Gasteiger partial charge in [0.2, 0.25) is 5.91 Å². The predicted octanol–water partition coefficient (Wildman–Crippen LogP) is 0.444. The average Bonchev–Trinajstić information content (AvgIpc) is 2.24. The molecular weight excluding hydrogens is 208 g/mol. The van der Waals surface area contributed by atoms with E-state index in [-0.39, 0.29) is 18.3 Å². The van der Waals surface area contributed by atoms with E-state index in [0.717, 1.165) is 13.0 Å². The quantitative estimate of drug-likeness (QED) is 0.469. The Balaban J connectivity index is 3.35. The molecule has 2 N–H and O–H groups in total. The molecule has 0 aliphatic rings. The summed E-state index contributed by atoms with van der Waals surface area (Å²) in [6, 6.07) is 0.447. The summed E-state index contributed by atoms with van der Waals surface area (Å²) in [5, 5.41) is 5.90. The highest BCUT2D eigenvalue weighted by molar-refractivity contribution is 5.76. The summed E-state index contributed by atoms with van der Waals surface area (Å²) in [4.78, 5) is 22.0. The number of hydrogen-bond acceptors (Lipinski definition) is 4. The Hall–Kier alpha value is -1.10. The predicted molar refractivity (Wildman–Crippen MR) is 62.0 cm³/mol. The van der Waals surface area contributed by atoms with Crippen LogP contribution in [0.15, 0.2) is 0 Å². The van der Waals surface area contributed by atoms with Gasteiger partial charge in [-0.3, -0.25) is 9.59 Å². The Labute approximate surface area is 96.9 Å². The van der Waals surface area contributed by atoms with E-state index in [4.69, 9.17) is 0 Å². The molecule has 0 fully saturated rings. The molecular formula is C11H22N2O3. The molecule has 0 aromatic rings. The van der Waals surface area contributed by atoms with E-state index in [1.807, 2.05) is 0 Å². The highest BCUT2D eigenvalue weighted by atomic mass is 16.5. The minimum absolute atomic E-state index is 0.0190. The van der Waals surface area contributed by atoms with Crippen molar-refractivity contribution >= 4 is 11.9 Å². The Morgan fingerprint density at radius 2 is 1.88 bits per heavy atom. The zero-order chi connectivity index (χ0) is 12.4. The molecule has 0 aromatic carbocycles. The number of hydrogen-bond donors (Lipinski definition) is 2. The van der Waals surface area contributed by atoms with Gasteiger partial charge in [0.15, 0.2) is 0 Å². The third-order valence-corrected chi connectivity index (χ3v) is 2.01. The van der Waals surface area contributed by atoms with Gasteiger partial charge in [0.05, 0.1) is 13.5 Å². The maximum absolute atomic E-state index is 11.3. The molecule has 0 rings (SSSR count). The second kappa shape index (κ2) is 9.15. The lowest BCUT2D eigenvalue weighted by atomic mass is 10.2. The molecule has 0 aliphatic carbocycles. The molecule has 0 unspecified atom stereocenters. The van der Waals surface area contributed by atoms with Crippen molar-refractivity contribution in [2.24, 2.45) is 0 Å². The zero-order valence-corrected chi connectivity index (χ0v) is 10.3. The number of carbonyl (C=O) groups is 2. The van der Waals surface area contributed by atoms with E-state index in [0.29, 0.717) is 19.0 Å². The minimum Gasteiger partial charge on any atom is -0.469 e. The maximum atomic E-state index is 11.3. The van der Waals surface area contributed by atoms with Crippen LogP contribution in [0.1, 0.15) is 33.1 Å². The third-order valence-electron chi connectivity index (χ3n) is 2.01. The first-order valence-corrected chi connectivity index (χ1v) is 5.63. The highest BCUT2D eigenvalue weighted by Gasteiger charge is 2.03. The molecule has 0 spiro atoms. The first-order valence-electron chi connectivity index (χ1n) is 5.63. The molecule has 16 heavy (non-hydrogen) atoms. The zero-order valence-electron chi connectivity index (χ0n) is 10.3. The Bertz CT molecular complexity index is 217. The first kappa shape index (κ1) is 14.9. The summed E-state index contributed by atoms with van der Waals surface area (Å²) >= 11 is 0. The number of carbonyl (C=O) groups excluding carboxylic acids is 2. The van der Waals surface area contributed by atoms with Crippen molar-refractivity contribution in [2.75, 3.05) is 20.2 Å². The Morgan fingerprint density at radius 1 is 1.19 bits per heavy atom. The van der Waals surface area contributed by atoms with Gasteiger partial charge >= 0.3 is 5.97 Å². The topological polar surface area (TPSA) is 67.4 Å². The average molecular weight is 230 g/mol. The van der Waals surface area contributed by atoms with E-state index in [2.05, 4.69) is 29.2 Å². The minimum atomic E-state index is -0.304. The molecule has 0 bridgehead atoms. The second-order valence-electron chi connectivity index (χ2n) is 3.89. The van der Waals surface area contributed by atoms with Crippen molar-refractivity contribution < 1.29 is 14.3 Å². The first-order chi connectivity index (χ1) is 7.56. The summed E-state index contributed by atoms with van der Waals surface area (Å²) in [7, 11) is 1.34. The van der Waals surface area contributed by atoms with Gasteiger partial charge in [0.1, 0.15) is 0 Å². The molecule has 5 nitrogen and oxygen atoms in total. The van der Waals surface area contributed by atoms with Gasteiger partial charge in [-0.15, -0.1) is 0 Å². The van der Waals surface area contributed by atoms with Crippen LogP contribution in [0.2, 0.25) is 0 Å². The number of rotatable bonds is 8. The van der Waals surface area contributed by atoms with Crippen LogP contribution in [-0.4, -0.2) is 38.1 Å². The lowest BCUT2D eigenvalue weighted by Gasteiger charge is -2.07. The summed E-state index contributed by atoms with van der Waals surface area (Å²) in [5.41, 5.74) is 0. The molecule has 0 saturated carbocycles. The van der Waals surface area contributed by atoms with E-state index < -0.39 is 0 Å². The van der Waals surface area contributed by atoms with E-state index in [1.54, 1.807) is 0 Å². The van der Waals surface area contributed by atoms with Gasteiger partial charge in [-0.1, -0.05) is 13.8 Å². The summed E-state index contributed by atoms with van der Waals surface area (Å²) in [6.45, 7) is 5.32. The standard InChI is InChI=1S/C11H22N2O3/c1-9(2)12-7-4-5-10(14)13-8-6-11(15)16-3/h9,12H,4-8H2,1-3H3,(H,13,14). The second-order valence-corrected chi connectivity index (χ2v) is 3.89. The monoisotopic (exact) mass is 230 g/mol. The molecule has 0 radical (unpaired) electrons. The molecule has 0 atom stereocenters. The smallest absolute Gasteiger partial charge is 0.307 e. The molecule has 1 amide bonds. The molecule has 94 valence electrons. The summed E-state index contributed by atoms with van der Waals surface area (Å²) in [5.74, 6) is -0.323. The normalized spacial score (nSPS) is 10.2. The van der Waals surface area contributed by atoms with Crippen molar-refractivity contribution in [3.63, 3.8) is 0 Å². The van der Waals surface area contributed by atoms with Crippen LogP contribution >= 0.6 is 0 Å². The van der Waals surface area contributed by atoms with Gasteiger partial charge < -0.3 is 15.4 Å². The third kappa shape index (κ3) is 9.45. The van der Waals surface area contributed by atoms with Gasteiger partial charge in [-0.2, -0.15) is 0 Å². The van der Waals surface area contributed by atoms with Crippen molar-refractivity contribution in [1.82, 2.24) is 10.6 Å². The SMILES string of the molecule is COC(=O)CCNC(=O)CCCNC(C)C. The maximum Gasteiger partial charge on any atom is 0.307 e. The summed E-state index contributed by atoms with van der Waals surface area (Å²) < 4.78 is 4.46. The van der Waals surface area contributed by atoms with E-state index >= 15 is 0 Å². The number of nitrogens with one attached hydrogen (secondary N) is 2. The lowest BCUT2D eigenvalue weighted by molar-refractivity contribution is -0.140.